The summed E-state index contributed by atoms with van der Waals surface area (Å²) in [6.45, 7) is 0. The van der Waals surface area contributed by atoms with Crippen molar-refractivity contribution in [3.05, 3.63) is 62.1 Å². The van der Waals surface area contributed by atoms with E-state index in [1.54, 1.807) is 0 Å². The van der Waals surface area contributed by atoms with Gasteiger partial charge in [-0.1, -0.05) is 34.8 Å². The van der Waals surface area contributed by atoms with Gasteiger partial charge in [-0.3, -0.25) is 0 Å². The van der Waals surface area contributed by atoms with Gasteiger partial charge in [0.25, 0.3) is 0 Å². The Morgan fingerprint density at radius 1 is 0.808 bits per heavy atom. The Morgan fingerprint density at radius 3 is 1.92 bits per heavy atom. The maximum Gasteiger partial charge on any atom is 0.417 e. The second-order valence-electron chi connectivity index (χ2n) is 4.84. The third-order valence-corrected chi connectivity index (χ3v) is 4.07. The fraction of sp³-hybridized carbons (Fsp3) is 0.133. The Balaban J connectivity index is 2.51. The van der Waals surface area contributed by atoms with Gasteiger partial charge in [-0.25, -0.2) is 4.79 Å². The molecule has 0 aliphatic heterocycles. The number of hydrogen-bond acceptors (Lipinski definition) is 2. The highest BCUT2D eigenvalue weighted by atomic mass is 35.5. The standard InChI is InChI=1S/C15H5Cl3F6O2/c16-9-4-11(18)12(5-10(9)17)26-13(25)7-3-6(14(19,20)21)1-2-8(7)15(22,23)24/h1-5H. The number of ether oxygens (including phenoxy) is 1. The van der Waals surface area contributed by atoms with Crippen molar-refractivity contribution in [1.82, 2.24) is 0 Å². The van der Waals surface area contributed by atoms with E-state index in [2.05, 4.69) is 4.74 Å². The lowest BCUT2D eigenvalue weighted by molar-refractivity contribution is -0.141. The van der Waals surface area contributed by atoms with E-state index in [0.29, 0.717) is 0 Å². The van der Waals surface area contributed by atoms with E-state index < -0.39 is 40.8 Å². The summed E-state index contributed by atoms with van der Waals surface area (Å²) >= 11 is 17.1. The van der Waals surface area contributed by atoms with Crippen molar-refractivity contribution in [1.29, 1.82) is 0 Å². The predicted molar refractivity (Wildman–Crippen MR) is 82.9 cm³/mol. The second-order valence-corrected chi connectivity index (χ2v) is 6.06. The summed E-state index contributed by atoms with van der Waals surface area (Å²) in [5.41, 5.74) is -4.36. The summed E-state index contributed by atoms with van der Waals surface area (Å²) in [5, 5.41) is -0.418. The molecule has 0 atom stereocenters. The van der Waals surface area contributed by atoms with Gasteiger partial charge in [0, 0.05) is 6.07 Å². The first-order valence-corrected chi connectivity index (χ1v) is 7.59. The molecule has 140 valence electrons. The van der Waals surface area contributed by atoms with E-state index in [4.69, 9.17) is 34.8 Å². The Bertz CT molecular complexity index is 862. The molecule has 0 fully saturated rings. The van der Waals surface area contributed by atoms with Crippen molar-refractivity contribution in [3.63, 3.8) is 0 Å². The molecule has 0 heterocycles. The molecule has 0 N–H and O–H groups in total. The van der Waals surface area contributed by atoms with Gasteiger partial charge >= 0.3 is 18.3 Å². The maximum absolute atomic E-state index is 13.0. The summed E-state index contributed by atoms with van der Waals surface area (Å²) in [6, 6.07) is 2.42. The zero-order valence-electron chi connectivity index (χ0n) is 12.1. The molecule has 26 heavy (non-hydrogen) atoms. The molecule has 0 spiro atoms. The SMILES string of the molecule is O=C(Oc1cc(Cl)c(Cl)cc1Cl)c1cc(C(F)(F)F)ccc1C(F)(F)F. The molecular formula is C15H5Cl3F6O2. The maximum atomic E-state index is 13.0. The molecule has 0 bridgehead atoms. The number of halogens is 9. The fourth-order valence-corrected chi connectivity index (χ4v) is 2.45. The molecule has 0 aliphatic carbocycles. The number of esters is 1. The number of alkyl halides is 6. The Labute approximate surface area is 157 Å². The molecule has 0 unspecified atom stereocenters. The smallest absolute Gasteiger partial charge is 0.417 e. The van der Waals surface area contributed by atoms with Crippen molar-refractivity contribution >= 4 is 40.8 Å². The summed E-state index contributed by atoms with van der Waals surface area (Å²) < 4.78 is 82.0. The average Bonchev–Trinajstić information content (AvgIpc) is 2.50. The summed E-state index contributed by atoms with van der Waals surface area (Å²) in [5.74, 6) is -2.15. The molecule has 0 saturated carbocycles. The van der Waals surface area contributed by atoms with Crippen LogP contribution in [0.2, 0.25) is 15.1 Å². The molecule has 0 radical (unpaired) electrons. The van der Waals surface area contributed by atoms with Gasteiger partial charge in [-0.2, -0.15) is 26.3 Å². The molecule has 2 aromatic rings. The van der Waals surface area contributed by atoms with Gasteiger partial charge in [-0.15, -0.1) is 0 Å². The summed E-state index contributed by atoms with van der Waals surface area (Å²) in [6.07, 6.45) is -10.0. The summed E-state index contributed by atoms with van der Waals surface area (Å²) in [4.78, 5) is 12.1. The Hall–Kier alpha value is -1.64. The van der Waals surface area contributed by atoms with Crippen LogP contribution in [0.3, 0.4) is 0 Å². The first kappa shape index (κ1) is 20.7. The lowest BCUT2D eigenvalue weighted by Crippen LogP contribution is -2.19. The van der Waals surface area contributed by atoms with Gasteiger partial charge in [0.1, 0.15) is 0 Å². The number of rotatable bonds is 2. The molecule has 0 saturated heterocycles. The van der Waals surface area contributed by atoms with Crippen LogP contribution in [0.15, 0.2) is 30.3 Å². The molecule has 0 amide bonds. The number of hydrogen-bond donors (Lipinski definition) is 0. The van der Waals surface area contributed by atoms with Crippen LogP contribution in [0.4, 0.5) is 26.3 Å². The minimum Gasteiger partial charge on any atom is -0.421 e. The number of carbonyl (C=O) groups is 1. The molecule has 2 nitrogen and oxygen atoms in total. The first-order valence-electron chi connectivity index (χ1n) is 6.46. The van der Waals surface area contributed by atoms with E-state index in [1.165, 1.54) is 0 Å². The third-order valence-electron chi connectivity index (χ3n) is 3.05. The quantitative estimate of drug-likeness (QED) is 0.221. The zero-order valence-corrected chi connectivity index (χ0v) is 14.4. The van der Waals surface area contributed by atoms with Crippen LogP contribution in [0.1, 0.15) is 21.5 Å². The van der Waals surface area contributed by atoms with Crippen LogP contribution >= 0.6 is 34.8 Å². The molecule has 2 rings (SSSR count). The largest absolute Gasteiger partial charge is 0.421 e. The van der Waals surface area contributed by atoms with E-state index in [1.807, 2.05) is 0 Å². The number of benzene rings is 2. The molecule has 11 heteroatoms. The van der Waals surface area contributed by atoms with Crippen LogP contribution in [0, 0.1) is 0 Å². The predicted octanol–water partition coefficient (Wildman–Crippen LogP) is 6.90. The molecule has 0 aromatic heterocycles. The molecular weight excluding hydrogens is 433 g/mol. The zero-order chi connectivity index (χ0) is 19.9. The van der Waals surface area contributed by atoms with Crippen molar-refractivity contribution < 1.29 is 35.9 Å². The third kappa shape index (κ3) is 4.55. The normalized spacial score (nSPS) is 12.2. The Morgan fingerprint density at radius 2 is 1.38 bits per heavy atom. The lowest BCUT2D eigenvalue weighted by atomic mass is 10.0. The fourth-order valence-electron chi connectivity index (χ4n) is 1.87. The van der Waals surface area contributed by atoms with E-state index in [-0.39, 0.29) is 33.3 Å². The highest BCUT2D eigenvalue weighted by Gasteiger charge is 2.39. The molecule has 0 aliphatic rings. The van der Waals surface area contributed by atoms with Crippen molar-refractivity contribution in [2.24, 2.45) is 0 Å². The monoisotopic (exact) mass is 436 g/mol. The van der Waals surface area contributed by atoms with Crippen LogP contribution in [0.5, 0.6) is 5.75 Å². The average molecular weight is 438 g/mol. The summed E-state index contributed by atoms with van der Waals surface area (Å²) in [7, 11) is 0. The second kappa shape index (κ2) is 7.17. The van der Waals surface area contributed by atoms with Crippen molar-refractivity contribution in [2.45, 2.75) is 12.4 Å². The topological polar surface area (TPSA) is 26.3 Å². The van der Waals surface area contributed by atoms with Gasteiger partial charge < -0.3 is 4.74 Å². The first-order chi connectivity index (χ1) is 11.8. The highest BCUT2D eigenvalue weighted by Crippen LogP contribution is 2.38. The van der Waals surface area contributed by atoms with Crippen molar-refractivity contribution in [3.8, 4) is 5.75 Å². The van der Waals surface area contributed by atoms with Crippen LogP contribution in [-0.2, 0) is 12.4 Å². The number of carbonyl (C=O) groups excluding carboxylic acids is 1. The van der Waals surface area contributed by atoms with Gasteiger partial charge in [0.2, 0.25) is 0 Å². The van der Waals surface area contributed by atoms with E-state index >= 15 is 0 Å². The minimum atomic E-state index is -5.08. The minimum absolute atomic E-state index is 0.0217. The van der Waals surface area contributed by atoms with E-state index in [9.17, 15) is 31.1 Å². The van der Waals surface area contributed by atoms with Crippen LogP contribution in [0.25, 0.3) is 0 Å². The van der Waals surface area contributed by atoms with Gasteiger partial charge in [-0.05, 0) is 24.3 Å². The van der Waals surface area contributed by atoms with Gasteiger partial charge in [0.05, 0.1) is 31.8 Å². The molecule has 2 aromatic carbocycles. The Kier molecular flexibility index (Phi) is 5.70. The van der Waals surface area contributed by atoms with Crippen molar-refractivity contribution in [2.75, 3.05) is 0 Å². The van der Waals surface area contributed by atoms with Gasteiger partial charge in [0.15, 0.2) is 5.75 Å². The van der Waals surface area contributed by atoms with E-state index in [0.717, 1.165) is 12.1 Å². The lowest BCUT2D eigenvalue weighted by Gasteiger charge is -2.15. The van der Waals surface area contributed by atoms with Crippen LogP contribution in [-0.4, -0.2) is 5.97 Å². The van der Waals surface area contributed by atoms with Crippen LogP contribution < -0.4 is 4.74 Å². The highest BCUT2D eigenvalue weighted by molar-refractivity contribution is 6.43.